The van der Waals surface area contributed by atoms with Crippen LogP contribution in [0.3, 0.4) is 0 Å². The van der Waals surface area contributed by atoms with E-state index in [2.05, 4.69) is 206 Å². The molecule has 0 fully saturated rings. The van der Waals surface area contributed by atoms with Crippen molar-refractivity contribution in [2.75, 3.05) is 0 Å². The SMILES string of the molecule is C1=CC2C=CC1C2.[Cl][Ru][Cl].c1ccc(P(c2ccccc2)c2ccccc2)cc1.c1ccc(P(c2ccccc2)c2ccccc2)cc1. The minimum atomic E-state index is -0.446. The molecule has 0 saturated heterocycles. The summed E-state index contributed by atoms with van der Waals surface area (Å²) in [5, 5.41) is 8.39. The summed E-state index contributed by atoms with van der Waals surface area (Å²) in [6.07, 6.45) is 10.5. The van der Waals surface area contributed by atoms with Gasteiger partial charge in [-0.25, -0.2) is 0 Å². The second-order valence-electron chi connectivity index (χ2n) is 11.1. The van der Waals surface area contributed by atoms with Crippen molar-refractivity contribution >= 4 is 67.1 Å². The van der Waals surface area contributed by atoms with E-state index in [4.69, 9.17) is 19.4 Å². The third-order valence-electron chi connectivity index (χ3n) is 7.84. The Kier molecular flexibility index (Phi) is 15.4. The van der Waals surface area contributed by atoms with Crippen LogP contribution in [0.5, 0.6) is 0 Å². The molecule has 8 rings (SSSR count). The smallest absolute Gasteiger partial charge is 0.0134 e. The van der Waals surface area contributed by atoms with Crippen LogP contribution in [0, 0.1) is 11.8 Å². The summed E-state index contributed by atoms with van der Waals surface area (Å²) < 4.78 is 0. The normalized spacial score (nSPS) is 15.2. The van der Waals surface area contributed by atoms with E-state index in [1.807, 2.05) is 0 Å². The maximum absolute atomic E-state index is 4.85. The van der Waals surface area contributed by atoms with Gasteiger partial charge < -0.3 is 0 Å². The van der Waals surface area contributed by atoms with E-state index in [0.717, 1.165) is 11.8 Å². The molecule has 242 valence electrons. The van der Waals surface area contributed by atoms with E-state index < -0.39 is 15.8 Å². The first kappa shape index (κ1) is 36.2. The van der Waals surface area contributed by atoms with Crippen molar-refractivity contribution in [1.29, 1.82) is 0 Å². The van der Waals surface area contributed by atoms with Crippen molar-refractivity contribution < 1.29 is 15.1 Å². The fraction of sp³-hybridized carbons (Fsp3) is 0.0698. The topological polar surface area (TPSA) is 0 Å². The first-order valence-corrected chi connectivity index (χ1v) is 23.0. The van der Waals surface area contributed by atoms with Crippen LogP contribution in [0.4, 0.5) is 0 Å². The molecule has 0 atom stereocenters. The Morgan fingerprint density at radius 3 is 0.625 bits per heavy atom. The van der Waals surface area contributed by atoms with Crippen molar-refractivity contribution in [1.82, 2.24) is 0 Å². The number of fused-ring (bicyclic) bond motifs is 2. The van der Waals surface area contributed by atoms with Crippen molar-refractivity contribution in [3.63, 3.8) is 0 Å². The van der Waals surface area contributed by atoms with Gasteiger partial charge in [0.15, 0.2) is 0 Å². The summed E-state index contributed by atoms with van der Waals surface area (Å²) in [5.41, 5.74) is 0. The molecule has 0 heterocycles. The van der Waals surface area contributed by atoms with Gasteiger partial charge in [0.2, 0.25) is 0 Å². The number of hydrogen-bond donors (Lipinski definition) is 0. The molecule has 0 nitrogen and oxygen atoms in total. The predicted octanol–water partition coefficient (Wildman–Crippen LogP) is 10.0. The molecule has 2 bridgehead atoms. The molecule has 0 aromatic heterocycles. The van der Waals surface area contributed by atoms with Gasteiger partial charge in [0, 0.05) is 0 Å². The molecule has 2 aliphatic rings. The van der Waals surface area contributed by atoms with Gasteiger partial charge in [0.05, 0.1) is 0 Å². The number of allylic oxidation sites excluding steroid dienone is 4. The first-order valence-electron chi connectivity index (χ1n) is 15.9. The Labute approximate surface area is 304 Å². The van der Waals surface area contributed by atoms with Crippen LogP contribution in [-0.4, -0.2) is 0 Å². The van der Waals surface area contributed by atoms with Gasteiger partial charge in [-0.05, 0) is 65.9 Å². The van der Waals surface area contributed by atoms with E-state index in [-0.39, 0.29) is 15.1 Å². The Hall–Kier alpha value is -3.14. The quantitative estimate of drug-likeness (QED) is 0.0896. The van der Waals surface area contributed by atoms with Gasteiger partial charge in [0.1, 0.15) is 0 Å². The summed E-state index contributed by atoms with van der Waals surface area (Å²) in [7, 11) is 8.82. The molecule has 6 aromatic carbocycles. The maximum Gasteiger partial charge on any atom is -0.0134 e. The zero-order valence-electron chi connectivity index (χ0n) is 26.5. The summed E-state index contributed by atoms with van der Waals surface area (Å²) in [6, 6.07) is 64.7. The molecule has 0 amide bonds. The third kappa shape index (κ3) is 10.9. The zero-order valence-corrected chi connectivity index (χ0v) is 31.5. The zero-order chi connectivity index (χ0) is 33.2. The van der Waals surface area contributed by atoms with Crippen LogP contribution < -0.4 is 31.8 Å². The number of rotatable bonds is 6. The van der Waals surface area contributed by atoms with Crippen LogP contribution >= 0.6 is 35.2 Å². The Bertz CT molecular complexity index is 1450. The second-order valence-corrected chi connectivity index (χ2v) is 18.1. The molecule has 6 aromatic rings. The van der Waals surface area contributed by atoms with Crippen LogP contribution in [0.15, 0.2) is 206 Å². The van der Waals surface area contributed by atoms with Crippen molar-refractivity contribution in [3.05, 3.63) is 206 Å². The summed E-state index contributed by atoms with van der Waals surface area (Å²) in [5.74, 6) is 1.62. The molecule has 0 N–H and O–H groups in total. The van der Waals surface area contributed by atoms with Gasteiger partial charge in [0.25, 0.3) is 0 Å². The first-order chi connectivity index (χ1) is 23.8. The van der Waals surface area contributed by atoms with Crippen molar-refractivity contribution in [3.8, 4) is 0 Å². The molecule has 2 aliphatic carbocycles. The van der Waals surface area contributed by atoms with Crippen molar-refractivity contribution in [2.24, 2.45) is 11.8 Å². The minimum Gasteiger partial charge on any atom is -0.0622 e. The van der Waals surface area contributed by atoms with E-state index in [1.54, 1.807) is 0 Å². The maximum atomic E-state index is 4.85. The molecule has 48 heavy (non-hydrogen) atoms. The average molecular weight is 789 g/mol. The van der Waals surface area contributed by atoms with Crippen LogP contribution in [0.2, 0.25) is 0 Å². The van der Waals surface area contributed by atoms with Crippen LogP contribution in [0.1, 0.15) is 6.42 Å². The standard InChI is InChI=1S/2C18H15P.C7H8.2ClH.Ru/c2*1-4-10-16(11-5-1)19(17-12-6-2-7-13-17)18-14-8-3-9-15-18;1-2-7-4-3-6(1)5-7;;;/h2*1-15H;1-4,6-7H,5H2;2*1H;/q;;;;;+2/p-2. The van der Waals surface area contributed by atoms with E-state index in [9.17, 15) is 0 Å². The van der Waals surface area contributed by atoms with Gasteiger partial charge >= 0.3 is 34.5 Å². The fourth-order valence-corrected chi connectivity index (χ4v) is 10.3. The summed E-state index contributed by atoms with van der Waals surface area (Å²) in [6.45, 7) is 0. The van der Waals surface area contributed by atoms with Crippen LogP contribution in [0.25, 0.3) is 0 Å². The molecular formula is C43H38Cl2P2Ru. The van der Waals surface area contributed by atoms with E-state index >= 15 is 0 Å². The van der Waals surface area contributed by atoms with E-state index in [1.165, 1.54) is 38.2 Å². The Balaban J connectivity index is 0.000000146. The van der Waals surface area contributed by atoms with E-state index in [0.29, 0.717) is 0 Å². The molecule has 0 saturated carbocycles. The Morgan fingerprint density at radius 1 is 0.333 bits per heavy atom. The van der Waals surface area contributed by atoms with Gasteiger partial charge in [-0.2, -0.15) is 0 Å². The third-order valence-corrected chi connectivity index (χ3v) is 12.7. The molecule has 5 heteroatoms. The monoisotopic (exact) mass is 788 g/mol. The average Bonchev–Trinajstić information content (AvgIpc) is 3.83. The fourth-order valence-electron chi connectivity index (χ4n) is 5.68. The summed E-state index contributed by atoms with van der Waals surface area (Å²) >= 11 is -0.346. The molecule has 0 radical (unpaired) electrons. The second kappa shape index (κ2) is 20.4. The van der Waals surface area contributed by atoms with Gasteiger partial charge in [-0.15, -0.1) is 0 Å². The summed E-state index contributed by atoms with van der Waals surface area (Å²) in [4.78, 5) is 0. The molecular weight excluding hydrogens is 750 g/mol. The Morgan fingerprint density at radius 2 is 0.500 bits per heavy atom. The number of halogens is 2. The van der Waals surface area contributed by atoms with Crippen molar-refractivity contribution in [2.45, 2.75) is 6.42 Å². The minimum absolute atomic E-state index is 0.346. The van der Waals surface area contributed by atoms with Gasteiger partial charge in [-0.3, -0.25) is 0 Å². The largest absolute Gasteiger partial charge is 0.0622 e. The van der Waals surface area contributed by atoms with Crippen LogP contribution in [-0.2, 0) is 15.1 Å². The number of benzene rings is 6. The molecule has 0 spiro atoms. The van der Waals surface area contributed by atoms with Gasteiger partial charge in [-0.1, -0.05) is 206 Å². The molecule has 0 unspecified atom stereocenters. The molecule has 0 aliphatic heterocycles. The number of hydrogen-bond acceptors (Lipinski definition) is 0. The predicted molar refractivity (Wildman–Crippen MR) is 212 cm³/mol.